The van der Waals surface area contributed by atoms with Gasteiger partial charge in [-0.2, -0.15) is 9.37 Å². The highest BCUT2D eigenvalue weighted by molar-refractivity contribution is 8.13. The van der Waals surface area contributed by atoms with Crippen molar-refractivity contribution in [1.82, 2.24) is 9.97 Å². The lowest BCUT2D eigenvalue weighted by atomic mass is 9.81. The predicted octanol–water partition coefficient (Wildman–Crippen LogP) is 3.29. The van der Waals surface area contributed by atoms with E-state index in [0.717, 1.165) is 5.69 Å². The van der Waals surface area contributed by atoms with Crippen LogP contribution in [-0.4, -0.2) is 47.1 Å². The maximum Gasteiger partial charge on any atom is 0.255 e. The Bertz CT molecular complexity index is 1030. The van der Waals surface area contributed by atoms with Gasteiger partial charge in [0.15, 0.2) is 5.17 Å². The summed E-state index contributed by atoms with van der Waals surface area (Å²) in [6.45, 7) is 6.48. The summed E-state index contributed by atoms with van der Waals surface area (Å²) in [7, 11) is 1.37. The van der Waals surface area contributed by atoms with E-state index in [4.69, 9.17) is 15.5 Å². The smallest absolute Gasteiger partial charge is 0.255 e. The molecular weight excluding hydrogens is 422 g/mol. The number of methoxy groups -OCH3 is 1. The second-order valence-corrected chi connectivity index (χ2v) is 9.23. The Balaban J connectivity index is 1.79. The third-order valence-corrected chi connectivity index (χ3v) is 6.59. The van der Waals surface area contributed by atoms with Crippen LogP contribution in [0.1, 0.15) is 25.1 Å². The molecule has 1 fully saturated rings. The number of aromatic nitrogens is 2. The van der Waals surface area contributed by atoms with Crippen LogP contribution in [0.15, 0.2) is 23.2 Å². The normalized spacial score (nSPS) is 23.0. The molecule has 2 aliphatic heterocycles. The minimum Gasteiger partial charge on any atom is -0.479 e. The molecule has 10 heteroatoms. The molecular formula is C21H26F2N6OS. The van der Waals surface area contributed by atoms with Crippen molar-refractivity contribution in [2.75, 3.05) is 36.2 Å². The molecule has 1 aromatic heterocycles. The van der Waals surface area contributed by atoms with Crippen molar-refractivity contribution in [1.29, 1.82) is 0 Å². The number of benzene rings is 1. The number of halogens is 2. The van der Waals surface area contributed by atoms with Crippen LogP contribution >= 0.6 is 11.8 Å². The van der Waals surface area contributed by atoms with Crippen LogP contribution in [0.2, 0.25) is 0 Å². The number of aryl methyl sites for hydroxylation is 1. The summed E-state index contributed by atoms with van der Waals surface area (Å²) in [5, 5.41) is 3.75. The molecule has 4 rings (SSSR count). The number of nitrogens with one attached hydrogen (secondary N) is 1. The Hall–Kier alpha value is -2.62. The van der Waals surface area contributed by atoms with E-state index in [1.807, 2.05) is 24.8 Å². The summed E-state index contributed by atoms with van der Waals surface area (Å²) in [5.41, 5.74) is 6.73. The fraction of sp³-hybridized carbons (Fsp3) is 0.476. The van der Waals surface area contributed by atoms with Gasteiger partial charge in [0, 0.05) is 35.5 Å². The van der Waals surface area contributed by atoms with Gasteiger partial charge in [0.25, 0.3) is 5.88 Å². The molecule has 3 N–H and O–H groups in total. The number of nitrogens with zero attached hydrogens (tertiary/aromatic N) is 4. The van der Waals surface area contributed by atoms with Crippen LogP contribution in [0.3, 0.4) is 0 Å². The second kappa shape index (κ2) is 8.14. The molecule has 1 aromatic carbocycles. The van der Waals surface area contributed by atoms with Crippen molar-refractivity contribution in [3.05, 3.63) is 41.1 Å². The number of aliphatic imine (C=N–C) groups is 1. The van der Waals surface area contributed by atoms with Crippen molar-refractivity contribution in [2.24, 2.45) is 16.6 Å². The number of thioether (sulfide) groups is 1. The van der Waals surface area contributed by atoms with E-state index in [1.54, 1.807) is 13.0 Å². The molecule has 0 aliphatic carbocycles. The second-order valence-electron chi connectivity index (χ2n) is 8.19. The molecule has 2 unspecified atom stereocenters. The lowest BCUT2D eigenvalue weighted by molar-refractivity contribution is 0.364. The Morgan fingerprint density at radius 2 is 2.10 bits per heavy atom. The number of hydrogen-bond acceptors (Lipinski definition) is 8. The first-order valence-corrected chi connectivity index (χ1v) is 11.1. The third kappa shape index (κ3) is 3.88. The van der Waals surface area contributed by atoms with Gasteiger partial charge in [-0.1, -0.05) is 11.8 Å². The lowest BCUT2D eigenvalue weighted by Gasteiger charge is -2.35. The summed E-state index contributed by atoms with van der Waals surface area (Å²) in [4.78, 5) is 15.2. The molecule has 166 valence electrons. The number of fused-ring (bicyclic) bond motifs is 1. The zero-order chi connectivity index (χ0) is 22.3. The first-order chi connectivity index (χ1) is 14.7. The quantitative estimate of drug-likeness (QED) is 0.726. The predicted molar refractivity (Wildman–Crippen MR) is 120 cm³/mol. The molecule has 0 radical (unpaired) electrons. The van der Waals surface area contributed by atoms with E-state index in [-0.39, 0.29) is 29.4 Å². The SMILES string of the molecule is COc1nc(N2CC3CSC(N)=NC3(c3cc(NC(C)C)ccc3F)C2)nc(C)c1F. The minimum absolute atomic E-state index is 0.0199. The van der Waals surface area contributed by atoms with Crippen molar-refractivity contribution < 1.29 is 13.5 Å². The summed E-state index contributed by atoms with van der Waals surface area (Å²) in [6, 6.07) is 5.20. The summed E-state index contributed by atoms with van der Waals surface area (Å²) in [5.74, 6) is -0.0381. The molecule has 2 atom stereocenters. The molecule has 2 aliphatic rings. The molecule has 2 aromatic rings. The Labute approximate surface area is 184 Å². The summed E-state index contributed by atoms with van der Waals surface area (Å²) in [6.07, 6.45) is 0. The van der Waals surface area contributed by atoms with Gasteiger partial charge < -0.3 is 20.7 Å². The summed E-state index contributed by atoms with van der Waals surface area (Å²) >= 11 is 1.46. The van der Waals surface area contributed by atoms with Gasteiger partial charge in [-0.15, -0.1) is 0 Å². The van der Waals surface area contributed by atoms with Crippen molar-refractivity contribution in [3.8, 4) is 5.88 Å². The fourth-order valence-electron chi connectivity index (χ4n) is 4.23. The molecule has 0 bridgehead atoms. The van der Waals surface area contributed by atoms with E-state index >= 15 is 4.39 Å². The molecule has 0 amide bonds. The van der Waals surface area contributed by atoms with Crippen LogP contribution in [0, 0.1) is 24.5 Å². The number of ether oxygens (including phenoxy) is 1. The van der Waals surface area contributed by atoms with E-state index in [0.29, 0.717) is 35.5 Å². The number of anilines is 2. The van der Waals surface area contributed by atoms with Crippen LogP contribution in [0.4, 0.5) is 20.4 Å². The number of nitrogens with two attached hydrogens (primary N) is 1. The van der Waals surface area contributed by atoms with Gasteiger partial charge in [0.2, 0.25) is 11.8 Å². The molecule has 1 saturated heterocycles. The van der Waals surface area contributed by atoms with Crippen LogP contribution in [-0.2, 0) is 5.54 Å². The van der Waals surface area contributed by atoms with Crippen LogP contribution in [0.5, 0.6) is 5.88 Å². The third-order valence-electron chi connectivity index (χ3n) is 5.63. The summed E-state index contributed by atoms with van der Waals surface area (Å²) < 4.78 is 34.4. The van der Waals surface area contributed by atoms with Gasteiger partial charge in [-0.3, -0.25) is 0 Å². The largest absolute Gasteiger partial charge is 0.479 e. The first-order valence-electron chi connectivity index (χ1n) is 10.1. The highest BCUT2D eigenvalue weighted by Gasteiger charge is 2.52. The van der Waals surface area contributed by atoms with Gasteiger partial charge in [-0.05, 0) is 39.0 Å². The number of rotatable bonds is 5. The Kier molecular flexibility index (Phi) is 5.67. The molecule has 3 heterocycles. The van der Waals surface area contributed by atoms with E-state index in [1.165, 1.54) is 24.9 Å². The highest BCUT2D eigenvalue weighted by atomic mass is 32.2. The van der Waals surface area contributed by atoms with Crippen molar-refractivity contribution >= 4 is 28.6 Å². The monoisotopic (exact) mass is 448 g/mol. The van der Waals surface area contributed by atoms with Crippen LogP contribution in [0.25, 0.3) is 0 Å². The highest BCUT2D eigenvalue weighted by Crippen LogP contribution is 2.47. The topological polar surface area (TPSA) is 88.7 Å². The molecule has 31 heavy (non-hydrogen) atoms. The fourth-order valence-corrected chi connectivity index (χ4v) is 5.21. The van der Waals surface area contributed by atoms with Gasteiger partial charge in [-0.25, -0.2) is 14.4 Å². The zero-order valence-corrected chi connectivity index (χ0v) is 18.8. The van der Waals surface area contributed by atoms with Crippen molar-refractivity contribution in [3.63, 3.8) is 0 Å². The van der Waals surface area contributed by atoms with Gasteiger partial charge in [0.05, 0.1) is 19.3 Å². The lowest BCUT2D eigenvalue weighted by Crippen LogP contribution is -2.40. The molecule has 0 saturated carbocycles. The Morgan fingerprint density at radius 1 is 1.32 bits per heavy atom. The maximum absolute atomic E-state index is 15.2. The van der Waals surface area contributed by atoms with E-state index < -0.39 is 11.4 Å². The van der Waals surface area contributed by atoms with Crippen molar-refractivity contribution in [2.45, 2.75) is 32.4 Å². The Morgan fingerprint density at radius 3 is 2.81 bits per heavy atom. The average Bonchev–Trinajstić information content (AvgIpc) is 3.10. The average molecular weight is 449 g/mol. The number of amidine groups is 1. The standard InChI is InChI=1S/C21H26F2N6OS/c1-11(2)25-14-5-6-16(22)15(7-14)21-10-29(8-13(21)9-31-19(24)28-21)20-26-12(3)17(23)18(27-20)30-4/h5-7,11,13,25H,8-10H2,1-4H3,(H2,24,28). The van der Waals surface area contributed by atoms with Crippen LogP contribution < -0.4 is 20.7 Å². The van der Waals surface area contributed by atoms with Gasteiger partial charge in [0.1, 0.15) is 11.4 Å². The van der Waals surface area contributed by atoms with E-state index in [2.05, 4.69) is 15.3 Å². The molecule has 7 nitrogen and oxygen atoms in total. The minimum atomic E-state index is -0.882. The van der Waals surface area contributed by atoms with E-state index in [9.17, 15) is 4.39 Å². The zero-order valence-electron chi connectivity index (χ0n) is 17.9. The number of hydrogen-bond donors (Lipinski definition) is 2. The first kappa shape index (κ1) is 21.6. The molecule has 0 spiro atoms. The van der Waals surface area contributed by atoms with Gasteiger partial charge >= 0.3 is 0 Å². The maximum atomic E-state index is 15.2.